The van der Waals surface area contributed by atoms with Gasteiger partial charge in [-0.2, -0.15) is 0 Å². The van der Waals surface area contributed by atoms with Gasteiger partial charge >= 0.3 is 0 Å². The summed E-state index contributed by atoms with van der Waals surface area (Å²) in [6.45, 7) is 0.547. The van der Waals surface area contributed by atoms with E-state index in [2.05, 4.69) is 4.98 Å². The molecule has 0 aliphatic heterocycles. The smallest absolute Gasteiger partial charge is 0.100 e. The van der Waals surface area contributed by atoms with Gasteiger partial charge in [0.05, 0.1) is 18.6 Å². The van der Waals surface area contributed by atoms with Crippen molar-refractivity contribution in [3.05, 3.63) is 17.7 Å². The van der Waals surface area contributed by atoms with Crippen molar-refractivity contribution in [2.45, 2.75) is 32.2 Å². The number of aromatic nitrogens is 2. The molecule has 1 radical (unpaired) electrons. The fourth-order valence-corrected chi connectivity index (χ4v) is 1.82. The predicted octanol–water partition coefficient (Wildman–Crippen LogP) is 1.19. The van der Waals surface area contributed by atoms with Crippen molar-refractivity contribution in [2.24, 2.45) is 0 Å². The Hall–Kier alpha value is -0.830. The van der Waals surface area contributed by atoms with Crippen LogP contribution in [0.25, 0.3) is 0 Å². The van der Waals surface area contributed by atoms with Crippen LogP contribution < -0.4 is 0 Å². The first kappa shape index (κ1) is 7.80. The van der Waals surface area contributed by atoms with Gasteiger partial charge in [-0.1, -0.05) is 0 Å². The molecule has 0 saturated heterocycles. The second-order valence-corrected chi connectivity index (χ2v) is 3.24. The van der Waals surface area contributed by atoms with E-state index in [-0.39, 0.29) is 6.61 Å². The van der Waals surface area contributed by atoms with Gasteiger partial charge in [-0.25, -0.2) is 10.1 Å². The van der Waals surface area contributed by atoms with Gasteiger partial charge in [0.25, 0.3) is 0 Å². The summed E-state index contributed by atoms with van der Waals surface area (Å²) in [4.78, 5) is 4.30. The predicted molar refractivity (Wildman–Crippen MR) is 44.4 cm³/mol. The van der Waals surface area contributed by atoms with E-state index >= 15 is 0 Å². The summed E-state index contributed by atoms with van der Waals surface area (Å²) >= 11 is 0. The number of rotatable bonds is 2. The highest BCUT2D eigenvalue weighted by Crippen LogP contribution is 2.19. The van der Waals surface area contributed by atoms with Crippen LogP contribution in [0, 0.1) is 0 Å². The van der Waals surface area contributed by atoms with Crippen LogP contribution in [0.2, 0.25) is 0 Å². The van der Waals surface area contributed by atoms with Gasteiger partial charge in [-0.05, 0) is 25.7 Å². The average Bonchev–Trinajstić information content (AvgIpc) is 2.50. The quantitative estimate of drug-likeness (QED) is 0.648. The molecule has 3 nitrogen and oxygen atoms in total. The first-order valence-corrected chi connectivity index (χ1v) is 4.53. The lowest BCUT2D eigenvalue weighted by molar-refractivity contribution is 0.179. The van der Waals surface area contributed by atoms with Crippen molar-refractivity contribution in [1.82, 2.24) is 9.55 Å². The van der Waals surface area contributed by atoms with E-state index in [1.54, 1.807) is 0 Å². The SMILES string of the molecule is [O]CCn1cnc2c1CCCC2. The molecule has 1 aliphatic rings. The topological polar surface area (TPSA) is 37.7 Å². The van der Waals surface area contributed by atoms with E-state index in [0.717, 1.165) is 12.8 Å². The van der Waals surface area contributed by atoms with Crippen molar-refractivity contribution >= 4 is 0 Å². The van der Waals surface area contributed by atoms with Crippen molar-refractivity contribution < 1.29 is 5.11 Å². The first-order chi connectivity index (χ1) is 5.92. The first-order valence-electron chi connectivity index (χ1n) is 4.53. The van der Waals surface area contributed by atoms with Gasteiger partial charge in [0.1, 0.15) is 6.61 Å². The van der Waals surface area contributed by atoms with Gasteiger partial charge in [0.2, 0.25) is 0 Å². The normalized spacial score (nSPS) is 16.1. The summed E-state index contributed by atoms with van der Waals surface area (Å²) in [7, 11) is 0. The molecule has 0 spiro atoms. The molecule has 2 rings (SSSR count). The van der Waals surface area contributed by atoms with E-state index in [0.29, 0.717) is 6.54 Å². The highest BCUT2D eigenvalue weighted by Gasteiger charge is 2.14. The second-order valence-electron chi connectivity index (χ2n) is 3.24. The molecule has 3 heteroatoms. The zero-order valence-corrected chi connectivity index (χ0v) is 7.12. The Bertz CT molecular complexity index is 267. The molecule has 0 atom stereocenters. The zero-order valence-electron chi connectivity index (χ0n) is 7.12. The monoisotopic (exact) mass is 165 g/mol. The van der Waals surface area contributed by atoms with Crippen LogP contribution in [0.15, 0.2) is 6.33 Å². The summed E-state index contributed by atoms with van der Waals surface area (Å²) in [5.74, 6) is 0. The van der Waals surface area contributed by atoms with Crippen LogP contribution >= 0.6 is 0 Å². The molecule has 0 bridgehead atoms. The van der Waals surface area contributed by atoms with Gasteiger partial charge in [0, 0.05) is 5.69 Å². The third-order valence-corrected chi connectivity index (χ3v) is 2.44. The number of hydrogen-bond acceptors (Lipinski definition) is 1. The van der Waals surface area contributed by atoms with Crippen LogP contribution in [-0.2, 0) is 24.5 Å². The van der Waals surface area contributed by atoms with E-state index in [9.17, 15) is 5.11 Å². The van der Waals surface area contributed by atoms with E-state index < -0.39 is 0 Å². The molecular formula is C9H13N2O. The molecule has 0 saturated carbocycles. The third kappa shape index (κ3) is 1.25. The molecule has 1 aliphatic carbocycles. The van der Waals surface area contributed by atoms with Gasteiger partial charge < -0.3 is 4.57 Å². The minimum atomic E-state index is -0.0389. The van der Waals surface area contributed by atoms with Crippen LogP contribution in [0.4, 0.5) is 0 Å². The molecule has 0 unspecified atom stereocenters. The van der Waals surface area contributed by atoms with Crippen LogP contribution in [0.3, 0.4) is 0 Å². The summed E-state index contributed by atoms with van der Waals surface area (Å²) in [6, 6.07) is 0. The Morgan fingerprint density at radius 1 is 1.42 bits per heavy atom. The Balaban J connectivity index is 2.25. The van der Waals surface area contributed by atoms with Crippen LogP contribution in [0.1, 0.15) is 24.2 Å². The van der Waals surface area contributed by atoms with Gasteiger partial charge in [0.15, 0.2) is 0 Å². The summed E-state index contributed by atoms with van der Waals surface area (Å²) < 4.78 is 2.02. The summed E-state index contributed by atoms with van der Waals surface area (Å²) in [5, 5.41) is 10.4. The number of hydrogen-bond donors (Lipinski definition) is 0. The van der Waals surface area contributed by atoms with Gasteiger partial charge in [-0.3, -0.25) is 0 Å². The van der Waals surface area contributed by atoms with Crippen LogP contribution in [0.5, 0.6) is 0 Å². The average molecular weight is 165 g/mol. The molecule has 65 valence electrons. The Labute approximate surface area is 72.0 Å². The lowest BCUT2D eigenvalue weighted by Gasteiger charge is -2.12. The van der Waals surface area contributed by atoms with Crippen molar-refractivity contribution in [1.29, 1.82) is 0 Å². The van der Waals surface area contributed by atoms with Crippen LogP contribution in [-0.4, -0.2) is 16.2 Å². The maximum absolute atomic E-state index is 10.4. The Kier molecular flexibility index (Phi) is 2.13. The van der Waals surface area contributed by atoms with Crippen molar-refractivity contribution in [3.8, 4) is 0 Å². The highest BCUT2D eigenvalue weighted by atomic mass is 16.3. The molecule has 0 amide bonds. The number of imidazole rings is 1. The Morgan fingerprint density at radius 3 is 3.08 bits per heavy atom. The molecule has 0 N–H and O–H groups in total. The zero-order chi connectivity index (χ0) is 8.39. The lowest BCUT2D eigenvalue weighted by atomic mass is 10.0. The fraction of sp³-hybridized carbons (Fsp3) is 0.667. The van der Waals surface area contributed by atoms with Crippen molar-refractivity contribution in [3.63, 3.8) is 0 Å². The summed E-state index contributed by atoms with van der Waals surface area (Å²) in [6.07, 6.45) is 6.52. The maximum atomic E-state index is 10.4. The van der Waals surface area contributed by atoms with E-state index in [4.69, 9.17) is 0 Å². The third-order valence-electron chi connectivity index (χ3n) is 2.44. The molecule has 1 heterocycles. The highest BCUT2D eigenvalue weighted by molar-refractivity contribution is 5.16. The number of aryl methyl sites for hydroxylation is 1. The molecule has 0 fully saturated rings. The van der Waals surface area contributed by atoms with Gasteiger partial charge in [-0.15, -0.1) is 0 Å². The Morgan fingerprint density at radius 2 is 2.25 bits per heavy atom. The molecule has 1 aromatic rings. The minimum Gasteiger partial charge on any atom is -0.332 e. The standard InChI is InChI=1S/C9H13N2O/c12-6-5-11-7-10-8-3-1-2-4-9(8)11/h7H,1-6H2. The summed E-state index contributed by atoms with van der Waals surface area (Å²) in [5.41, 5.74) is 2.52. The minimum absolute atomic E-state index is 0.0389. The van der Waals surface area contributed by atoms with Crippen molar-refractivity contribution in [2.75, 3.05) is 6.61 Å². The van der Waals surface area contributed by atoms with E-state index in [1.807, 2.05) is 10.9 Å². The maximum Gasteiger partial charge on any atom is 0.100 e. The largest absolute Gasteiger partial charge is 0.332 e. The number of nitrogens with zero attached hydrogens (tertiary/aromatic N) is 2. The molecule has 12 heavy (non-hydrogen) atoms. The fourth-order valence-electron chi connectivity index (χ4n) is 1.82. The second kappa shape index (κ2) is 3.27. The molecular weight excluding hydrogens is 152 g/mol. The lowest BCUT2D eigenvalue weighted by Crippen LogP contribution is -2.09. The molecule has 1 aromatic heterocycles. The molecule has 0 aromatic carbocycles. The number of fused-ring (bicyclic) bond motifs is 1. The van der Waals surface area contributed by atoms with E-state index in [1.165, 1.54) is 24.2 Å².